The summed E-state index contributed by atoms with van der Waals surface area (Å²) >= 11 is 5.79. The molecule has 0 bridgehead atoms. The van der Waals surface area contributed by atoms with Gasteiger partial charge in [-0.25, -0.2) is 4.79 Å². The zero-order valence-electron chi connectivity index (χ0n) is 11.0. The first-order valence-corrected chi connectivity index (χ1v) is 6.79. The molecule has 0 spiro atoms. The highest BCUT2D eigenvalue weighted by molar-refractivity contribution is 6.30. The molecular weight excluding hydrogens is 248 g/mol. The van der Waals surface area contributed by atoms with Crippen LogP contribution in [0.15, 0.2) is 24.3 Å². The number of urea groups is 1. The van der Waals surface area contributed by atoms with Crippen LogP contribution in [-0.2, 0) is 6.54 Å². The van der Waals surface area contributed by atoms with Gasteiger partial charge in [0.15, 0.2) is 0 Å². The Kier molecular flexibility index (Phi) is 6.58. The Hall–Kier alpha value is -1.22. The maximum atomic E-state index is 11.6. The molecule has 0 aliphatic rings. The van der Waals surface area contributed by atoms with E-state index < -0.39 is 0 Å². The number of rotatable bonds is 6. The predicted octanol–water partition coefficient (Wildman–Crippen LogP) is 3.58. The number of hydrogen-bond acceptors (Lipinski definition) is 1. The van der Waals surface area contributed by atoms with Gasteiger partial charge in [0.2, 0.25) is 0 Å². The first-order valence-electron chi connectivity index (χ1n) is 6.41. The van der Waals surface area contributed by atoms with E-state index in [4.69, 9.17) is 11.6 Å². The maximum absolute atomic E-state index is 11.6. The molecule has 0 saturated carbocycles. The smallest absolute Gasteiger partial charge is 0.315 e. The summed E-state index contributed by atoms with van der Waals surface area (Å²) in [7, 11) is 0. The molecule has 0 radical (unpaired) electrons. The Morgan fingerprint density at radius 3 is 2.33 bits per heavy atom. The van der Waals surface area contributed by atoms with E-state index in [2.05, 4.69) is 24.5 Å². The summed E-state index contributed by atoms with van der Waals surface area (Å²) in [6.07, 6.45) is 2.18. The van der Waals surface area contributed by atoms with E-state index in [1.807, 2.05) is 24.3 Å². The summed E-state index contributed by atoms with van der Waals surface area (Å²) in [6.45, 7) is 5.54. The van der Waals surface area contributed by atoms with Gasteiger partial charge in [-0.2, -0.15) is 0 Å². The van der Waals surface area contributed by atoms with Gasteiger partial charge in [0.1, 0.15) is 0 Å². The molecule has 1 aromatic carbocycles. The van der Waals surface area contributed by atoms with Crippen LogP contribution in [0, 0.1) is 5.92 Å². The third kappa shape index (κ3) is 5.41. The van der Waals surface area contributed by atoms with Crippen LogP contribution < -0.4 is 10.6 Å². The summed E-state index contributed by atoms with van der Waals surface area (Å²) in [6, 6.07) is 7.34. The lowest BCUT2D eigenvalue weighted by Crippen LogP contribution is -2.37. The first kappa shape index (κ1) is 14.8. The van der Waals surface area contributed by atoms with Crippen molar-refractivity contribution < 1.29 is 4.79 Å². The van der Waals surface area contributed by atoms with Gasteiger partial charge in [-0.1, -0.05) is 50.4 Å². The molecule has 0 fully saturated rings. The van der Waals surface area contributed by atoms with Crippen molar-refractivity contribution in [1.82, 2.24) is 10.6 Å². The third-order valence-corrected chi connectivity index (χ3v) is 3.32. The highest BCUT2D eigenvalue weighted by Gasteiger charge is 2.05. The van der Waals surface area contributed by atoms with Crippen LogP contribution >= 0.6 is 11.6 Å². The average Bonchev–Trinajstić information content (AvgIpc) is 2.39. The second-order valence-electron chi connectivity index (χ2n) is 4.37. The molecule has 0 aliphatic carbocycles. The first-order chi connectivity index (χ1) is 8.65. The Bertz CT molecular complexity index is 361. The number of carbonyl (C=O) groups excluding carboxylic acids is 1. The van der Waals surface area contributed by atoms with E-state index in [9.17, 15) is 4.79 Å². The fraction of sp³-hybridized carbons (Fsp3) is 0.500. The SMILES string of the molecule is CCC(CC)CNC(=O)NCc1ccc(Cl)cc1. The molecule has 0 aromatic heterocycles. The molecule has 0 atom stereocenters. The highest BCUT2D eigenvalue weighted by Crippen LogP contribution is 2.09. The Morgan fingerprint density at radius 2 is 1.78 bits per heavy atom. The van der Waals surface area contributed by atoms with Crippen LogP contribution in [-0.4, -0.2) is 12.6 Å². The summed E-state index contributed by atoms with van der Waals surface area (Å²) < 4.78 is 0. The van der Waals surface area contributed by atoms with E-state index in [1.165, 1.54) is 0 Å². The van der Waals surface area contributed by atoms with Crippen molar-refractivity contribution in [3.8, 4) is 0 Å². The maximum Gasteiger partial charge on any atom is 0.315 e. The van der Waals surface area contributed by atoms with Crippen molar-refractivity contribution >= 4 is 17.6 Å². The van der Waals surface area contributed by atoms with Crippen molar-refractivity contribution in [3.05, 3.63) is 34.9 Å². The fourth-order valence-electron chi connectivity index (χ4n) is 1.66. The molecule has 2 N–H and O–H groups in total. The van der Waals surface area contributed by atoms with E-state index in [0.717, 1.165) is 24.9 Å². The zero-order chi connectivity index (χ0) is 13.4. The molecule has 1 aromatic rings. The van der Waals surface area contributed by atoms with Gasteiger partial charge >= 0.3 is 6.03 Å². The molecule has 0 heterocycles. The largest absolute Gasteiger partial charge is 0.338 e. The van der Waals surface area contributed by atoms with E-state index >= 15 is 0 Å². The van der Waals surface area contributed by atoms with Crippen LogP contribution in [0.4, 0.5) is 4.79 Å². The average molecular weight is 269 g/mol. The van der Waals surface area contributed by atoms with Gasteiger partial charge in [0.05, 0.1) is 0 Å². The van der Waals surface area contributed by atoms with Gasteiger partial charge in [-0.3, -0.25) is 0 Å². The summed E-state index contributed by atoms with van der Waals surface area (Å²) in [5.74, 6) is 0.561. The van der Waals surface area contributed by atoms with Gasteiger partial charge in [0.25, 0.3) is 0 Å². The van der Waals surface area contributed by atoms with Gasteiger partial charge in [0, 0.05) is 18.1 Å². The topological polar surface area (TPSA) is 41.1 Å². The van der Waals surface area contributed by atoms with Crippen LogP contribution in [0.1, 0.15) is 32.3 Å². The number of carbonyl (C=O) groups is 1. The summed E-state index contributed by atoms with van der Waals surface area (Å²) in [5, 5.41) is 6.42. The molecule has 2 amide bonds. The van der Waals surface area contributed by atoms with Crippen LogP contribution in [0.3, 0.4) is 0 Å². The molecule has 3 nitrogen and oxygen atoms in total. The Morgan fingerprint density at radius 1 is 1.17 bits per heavy atom. The Labute approximate surface area is 114 Å². The minimum absolute atomic E-state index is 0.114. The minimum atomic E-state index is -0.114. The Balaban J connectivity index is 2.26. The normalized spacial score (nSPS) is 10.4. The lowest BCUT2D eigenvalue weighted by molar-refractivity contribution is 0.238. The second kappa shape index (κ2) is 7.98. The van der Waals surface area contributed by atoms with Gasteiger partial charge in [-0.15, -0.1) is 0 Å². The quantitative estimate of drug-likeness (QED) is 0.814. The molecule has 1 rings (SSSR count). The molecule has 0 aliphatic heterocycles. The van der Waals surface area contributed by atoms with Crippen molar-refractivity contribution in [3.63, 3.8) is 0 Å². The number of amides is 2. The van der Waals surface area contributed by atoms with E-state index in [1.54, 1.807) is 0 Å². The summed E-state index contributed by atoms with van der Waals surface area (Å²) in [4.78, 5) is 11.6. The minimum Gasteiger partial charge on any atom is -0.338 e. The second-order valence-corrected chi connectivity index (χ2v) is 4.81. The lowest BCUT2D eigenvalue weighted by atomic mass is 10.0. The van der Waals surface area contributed by atoms with Crippen molar-refractivity contribution in [2.75, 3.05) is 6.54 Å². The van der Waals surface area contributed by atoms with Gasteiger partial charge < -0.3 is 10.6 Å². The van der Waals surface area contributed by atoms with Crippen molar-refractivity contribution in [2.45, 2.75) is 33.2 Å². The fourth-order valence-corrected chi connectivity index (χ4v) is 1.79. The monoisotopic (exact) mass is 268 g/mol. The lowest BCUT2D eigenvalue weighted by Gasteiger charge is -2.13. The predicted molar refractivity (Wildman–Crippen MR) is 75.8 cm³/mol. The zero-order valence-corrected chi connectivity index (χ0v) is 11.8. The number of benzene rings is 1. The molecule has 4 heteroatoms. The number of halogens is 1. The highest BCUT2D eigenvalue weighted by atomic mass is 35.5. The molecule has 0 saturated heterocycles. The third-order valence-electron chi connectivity index (χ3n) is 3.07. The van der Waals surface area contributed by atoms with Crippen molar-refractivity contribution in [2.24, 2.45) is 5.92 Å². The van der Waals surface area contributed by atoms with Crippen LogP contribution in [0.25, 0.3) is 0 Å². The van der Waals surface area contributed by atoms with Crippen LogP contribution in [0.2, 0.25) is 5.02 Å². The van der Waals surface area contributed by atoms with Gasteiger partial charge in [-0.05, 0) is 23.6 Å². The summed E-state index contributed by atoms with van der Waals surface area (Å²) in [5.41, 5.74) is 1.04. The van der Waals surface area contributed by atoms with Crippen molar-refractivity contribution in [1.29, 1.82) is 0 Å². The number of hydrogen-bond donors (Lipinski definition) is 2. The number of nitrogens with one attached hydrogen (secondary N) is 2. The van der Waals surface area contributed by atoms with Crippen LogP contribution in [0.5, 0.6) is 0 Å². The molecule has 0 unspecified atom stereocenters. The standard InChI is InChI=1S/C14H21ClN2O/c1-3-11(4-2)9-16-14(18)17-10-12-5-7-13(15)8-6-12/h5-8,11H,3-4,9-10H2,1-2H3,(H2,16,17,18). The molecule has 18 heavy (non-hydrogen) atoms. The van der Waals surface area contributed by atoms with E-state index in [-0.39, 0.29) is 6.03 Å². The molecule has 100 valence electrons. The molecular formula is C14H21ClN2O. The van der Waals surface area contributed by atoms with E-state index in [0.29, 0.717) is 17.5 Å².